The zero-order valence-corrected chi connectivity index (χ0v) is 10.7. The molecule has 5 heteroatoms. The Hall–Kier alpha value is -2.43. The number of benzene rings is 1. The van der Waals surface area contributed by atoms with Crippen LogP contribution in [0.15, 0.2) is 36.5 Å². The second kappa shape index (κ2) is 5.48. The monoisotopic (exact) mass is 259 g/mol. The van der Waals surface area contributed by atoms with Gasteiger partial charge in [-0.3, -0.25) is 4.79 Å². The van der Waals surface area contributed by atoms with Gasteiger partial charge in [0.15, 0.2) is 0 Å². The number of rotatable bonds is 3. The van der Waals surface area contributed by atoms with Gasteiger partial charge in [-0.1, -0.05) is 6.07 Å². The van der Waals surface area contributed by atoms with Gasteiger partial charge in [0.2, 0.25) is 0 Å². The highest BCUT2D eigenvalue weighted by Gasteiger charge is 2.10. The Morgan fingerprint density at radius 2 is 2.05 bits per heavy atom. The Morgan fingerprint density at radius 3 is 2.68 bits per heavy atom. The highest BCUT2D eigenvalue weighted by atomic mass is 19.1. The minimum absolute atomic E-state index is 0.157. The van der Waals surface area contributed by atoms with Crippen LogP contribution in [0.1, 0.15) is 16.1 Å². The van der Waals surface area contributed by atoms with Gasteiger partial charge in [-0.25, -0.2) is 9.37 Å². The molecule has 1 aromatic heterocycles. The third kappa shape index (κ3) is 3.07. The maximum absolute atomic E-state index is 13.5. The number of anilines is 2. The first-order chi connectivity index (χ1) is 9.10. The number of carbonyl (C=O) groups excluding carboxylic acids is 1. The Balaban J connectivity index is 2.18. The SMILES string of the molecule is CNc1ccc(C(=O)Nc2cc(C)ccc2F)nc1. The van der Waals surface area contributed by atoms with E-state index < -0.39 is 11.7 Å². The molecule has 0 bridgehead atoms. The quantitative estimate of drug-likeness (QED) is 0.891. The summed E-state index contributed by atoms with van der Waals surface area (Å²) in [6.45, 7) is 1.83. The number of hydrogen-bond donors (Lipinski definition) is 2. The van der Waals surface area contributed by atoms with E-state index in [1.54, 1.807) is 37.5 Å². The zero-order valence-electron chi connectivity index (χ0n) is 10.7. The van der Waals surface area contributed by atoms with Crippen LogP contribution in [0.5, 0.6) is 0 Å². The van der Waals surface area contributed by atoms with Crippen LogP contribution in [-0.2, 0) is 0 Å². The van der Waals surface area contributed by atoms with Gasteiger partial charge in [-0.2, -0.15) is 0 Å². The van der Waals surface area contributed by atoms with Gasteiger partial charge in [0.1, 0.15) is 11.5 Å². The lowest BCUT2D eigenvalue weighted by molar-refractivity contribution is 0.102. The number of aromatic nitrogens is 1. The smallest absolute Gasteiger partial charge is 0.274 e. The first-order valence-corrected chi connectivity index (χ1v) is 5.81. The summed E-state index contributed by atoms with van der Waals surface area (Å²) in [7, 11) is 1.76. The molecule has 0 fully saturated rings. The fraction of sp³-hybridized carbons (Fsp3) is 0.143. The molecule has 0 aliphatic rings. The van der Waals surface area contributed by atoms with Crippen molar-refractivity contribution in [2.24, 2.45) is 0 Å². The fourth-order valence-electron chi connectivity index (χ4n) is 1.60. The minimum Gasteiger partial charge on any atom is -0.387 e. The second-order valence-corrected chi connectivity index (χ2v) is 4.12. The van der Waals surface area contributed by atoms with E-state index in [4.69, 9.17) is 0 Å². The summed E-state index contributed by atoms with van der Waals surface area (Å²) in [5.74, 6) is -0.905. The Bertz CT molecular complexity index is 596. The summed E-state index contributed by atoms with van der Waals surface area (Å²) >= 11 is 0. The highest BCUT2D eigenvalue weighted by molar-refractivity contribution is 6.03. The number of nitrogens with zero attached hydrogens (tertiary/aromatic N) is 1. The molecule has 1 amide bonds. The average Bonchev–Trinajstić information content (AvgIpc) is 2.43. The second-order valence-electron chi connectivity index (χ2n) is 4.12. The predicted molar refractivity (Wildman–Crippen MR) is 72.9 cm³/mol. The van der Waals surface area contributed by atoms with Gasteiger partial charge in [0.25, 0.3) is 5.91 Å². The van der Waals surface area contributed by atoms with Gasteiger partial charge in [0, 0.05) is 7.05 Å². The Morgan fingerprint density at radius 1 is 1.26 bits per heavy atom. The van der Waals surface area contributed by atoms with E-state index in [9.17, 15) is 9.18 Å². The lowest BCUT2D eigenvalue weighted by atomic mass is 10.2. The van der Waals surface area contributed by atoms with Crippen LogP contribution in [-0.4, -0.2) is 17.9 Å². The molecular formula is C14H14FN3O. The summed E-state index contributed by atoms with van der Waals surface area (Å²) in [6, 6.07) is 7.85. The normalized spacial score (nSPS) is 10.1. The van der Waals surface area contributed by atoms with Crippen LogP contribution in [0.4, 0.5) is 15.8 Å². The van der Waals surface area contributed by atoms with Gasteiger partial charge >= 0.3 is 0 Å². The van der Waals surface area contributed by atoms with Gasteiger partial charge < -0.3 is 10.6 Å². The molecule has 0 aliphatic heterocycles. The number of aryl methyl sites for hydroxylation is 1. The van der Waals surface area contributed by atoms with Crippen LogP contribution in [0.25, 0.3) is 0 Å². The molecule has 2 N–H and O–H groups in total. The summed E-state index contributed by atoms with van der Waals surface area (Å²) < 4.78 is 13.5. The van der Waals surface area contributed by atoms with E-state index in [2.05, 4.69) is 15.6 Å². The molecule has 0 aliphatic carbocycles. The van der Waals surface area contributed by atoms with E-state index in [1.807, 2.05) is 6.92 Å². The number of nitrogens with one attached hydrogen (secondary N) is 2. The molecule has 0 unspecified atom stereocenters. The van der Waals surface area contributed by atoms with Crippen molar-refractivity contribution in [3.05, 3.63) is 53.6 Å². The van der Waals surface area contributed by atoms with E-state index in [1.165, 1.54) is 6.07 Å². The van der Waals surface area contributed by atoms with Crippen molar-refractivity contribution in [2.45, 2.75) is 6.92 Å². The summed E-state index contributed by atoms with van der Waals surface area (Å²) in [5.41, 5.74) is 2.07. The van der Waals surface area contributed by atoms with Crippen molar-refractivity contribution in [3.63, 3.8) is 0 Å². The van der Waals surface area contributed by atoms with Gasteiger partial charge in [-0.15, -0.1) is 0 Å². The summed E-state index contributed by atoms with van der Waals surface area (Å²) in [5, 5.41) is 5.41. The summed E-state index contributed by atoms with van der Waals surface area (Å²) in [6.07, 6.45) is 1.54. The molecule has 19 heavy (non-hydrogen) atoms. The molecule has 1 aromatic carbocycles. The van der Waals surface area contributed by atoms with E-state index in [-0.39, 0.29) is 11.4 Å². The first-order valence-electron chi connectivity index (χ1n) is 5.81. The van der Waals surface area contributed by atoms with E-state index in [0.29, 0.717) is 0 Å². The van der Waals surface area contributed by atoms with Crippen LogP contribution in [0, 0.1) is 12.7 Å². The predicted octanol–water partition coefficient (Wildman–Crippen LogP) is 2.82. The first kappa shape index (κ1) is 13.0. The largest absolute Gasteiger partial charge is 0.387 e. The number of carbonyl (C=O) groups is 1. The maximum atomic E-state index is 13.5. The molecule has 0 saturated carbocycles. The zero-order chi connectivity index (χ0) is 13.8. The third-order valence-electron chi connectivity index (χ3n) is 2.65. The Labute approximate surface area is 110 Å². The molecule has 0 spiro atoms. The third-order valence-corrected chi connectivity index (χ3v) is 2.65. The Kier molecular flexibility index (Phi) is 3.75. The molecular weight excluding hydrogens is 245 g/mol. The van der Waals surface area contributed by atoms with Crippen LogP contribution in [0.3, 0.4) is 0 Å². The molecule has 1 heterocycles. The van der Waals surface area contributed by atoms with E-state index in [0.717, 1.165) is 11.3 Å². The topological polar surface area (TPSA) is 54.0 Å². The van der Waals surface area contributed by atoms with Crippen molar-refractivity contribution in [1.82, 2.24) is 4.98 Å². The van der Waals surface area contributed by atoms with Crippen molar-refractivity contribution in [1.29, 1.82) is 0 Å². The van der Waals surface area contributed by atoms with Crippen molar-refractivity contribution >= 4 is 17.3 Å². The van der Waals surface area contributed by atoms with E-state index >= 15 is 0 Å². The number of hydrogen-bond acceptors (Lipinski definition) is 3. The van der Waals surface area contributed by atoms with Crippen LogP contribution >= 0.6 is 0 Å². The highest BCUT2D eigenvalue weighted by Crippen LogP contribution is 2.16. The maximum Gasteiger partial charge on any atom is 0.274 e. The standard InChI is InChI=1S/C14H14FN3O/c1-9-3-5-11(15)13(7-9)18-14(19)12-6-4-10(16-2)8-17-12/h3-8,16H,1-2H3,(H,18,19). The summed E-state index contributed by atoms with van der Waals surface area (Å²) in [4.78, 5) is 15.9. The average molecular weight is 259 g/mol. The number of halogens is 1. The van der Waals surface area contributed by atoms with Gasteiger partial charge in [-0.05, 0) is 36.8 Å². The lowest BCUT2D eigenvalue weighted by Crippen LogP contribution is -2.14. The molecule has 98 valence electrons. The van der Waals surface area contributed by atoms with Crippen LogP contribution < -0.4 is 10.6 Å². The molecule has 0 radical (unpaired) electrons. The number of pyridine rings is 1. The lowest BCUT2D eigenvalue weighted by Gasteiger charge is -2.07. The fourth-order valence-corrected chi connectivity index (χ4v) is 1.60. The van der Waals surface area contributed by atoms with Crippen molar-refractivity contribution in [3.8, 4) is 0 Å². The van der Waals surface area contributed by atoms with Crippen LogP contribution in [0.2, 0.25) is 0 Å². The number of amides is 1. The van der Waals surface area contributed by atoms with Gasteiger partial charge in [0.05, 0.1) is 17.6 Å². The molecule has 2 aromatic rings. The minimum atomic E-state index is -0.467. The molecule has 4 nitrogen and oxygen atoms in total. The van der Waals surface area contributed by atoms with Crippen molar-refractivity contribution in [2.75, 3.05) is 17.7 Å². The molecule has 0 saturated heterocycles. The van der Waals surface area contributed by atoms with Crippen molar-refractivity contribution < 1.29 is 9.18 Å². The molecule has 2 rings (SSSR count). The molecule has 0 atom stereocenters.